The molecular formula is C16H19NO2. The van der Waals surface area contributed by atoms with Crippen molar-refractivity contribution in [2.45, 2.75) is 38.5 Å². The van der Waals surface area contributed by atoms with E-state index in [1.54, 1.807) is 0 Å². The summed E-state index contributed by atoms with van der Waals surface area (Å²) in [5.41, 5.74) is 3.28. The molecule has 3 heteroatoms. The lowest BCUT2D eigenvalue weighted by atomic mass is 9.68. The first-order valence-corrected chi connectivity index (χ1v) is 6.62. The van der Waals surface area contributed by atoms with Crippen molar-refractivity contribution in [3.8, 4) is 5.75 Å². The zero-order valence-corrected chi connectivity index (χ0v) is 11.8. The van der Waals surface area contributed by atoms with E-state index in [-0.39, 0.29) is 23.3 Å². The summed E-state index contributed by atoms with van der Waals surface area (Å²) in [5.74, 6) is 0.688. The summed E-state index contributed by atoms with van der Waals surface area (Å²) in [6.07, 6.45) is 4.50. The van der Waals surface area contributed by atoms with Crippen molar-refractivity contribution in [3.63, 3.8) is 0 Å². The molecule has 19 heavy (non-hydrogen) atoms. The topological polar surface area (TPSA) is 38.3 Å². The van der Waals surface area contributed by atoms with Crippen LogP contribution in [0.2, 0.25) is 0 Å². The van der Waals surface area contributed by atoms with Crippen LogP contribution in [0.1, 0.15) is 38.8 Å². The molecule has 0 spiro atoms. The lowest BCUT2D eigenvalue weighted by Crippen LogP contribution is -2.31. The van der Waals surface area contributed by atoms with Crippen molar-refractivity contribution in [1.82, 2.24) is 0 Å². The highest BCUT2D eigenvalue weighted by Gasteiger charge is 2.34. The van der Waals surface area contributed by atoms with E-state index in [0.29, 0.717) is 0 Å². The number of allylic oxidation sites excluding steroid dienone is 2. The van der Waals surface area contributed by atoms with Gasteiger partial charge in [-0.3, -0.25) is 4.79 Å². The smallest absolute Gasteiger partial charge is 0.262 e. The number of anilines is 1. The molecule has 0 saturated carbocycles. The molecular weight excluding hydrogens is 238 g/mol. The Morgan fingerprint density at radius 2 is 1.63 bits per heavy atom. The zero-order valence-electron chi connectivity index (χ0n) is 11.8. The predicted octanol–water partition coefficient (Wildman–Crippen LogP) is 3.14. The number of hydrogen-bond acceptors (Lipinski definition) is 2. The Kier molecular flexibility index (Phi) is 2.34. The van der Waals surface area contributed by atoms with Crippen molar-refractivity contribution in [3.05, 3.63) is 35.4 Å². The van der Waals surface area contributed by atoms with Crippen LogP contribution < -0.4 is 10.1 Å². The average Bonchev–Trinajstić information content (AvgIpc) is 2.33. The second kappa shape index (κ2) is 3.62. The van der Waals surface area contributed by atoms with Crippen LogP contribution in [0.15, 0.2) is 24.3 Å². The SMILES string of the molecule is CC1(C)C=CC(C)(C)c2cc3c(cc21)NC(=O)CO3. The molecule has 0 fully saturated rings. The molecule has 0 aromatic heterocycles. The summed E-state index contributed by atoms with van der Waals surface area (Å²) in [4.78, 5) is 11.4. The van der Waals surface area contributed by atoms with Gasteiger partial charge in [0, 0.05) is 10.8 Å². The number of carbonyl (C=O) groups is 1. The molecule has 3 nitrogen and oxygen atoms in total. The number of amides is 1. The summed E-state index contributed by atoms with van der Waals surface area (Å²) < 4.78 is 5.53. The van der Waals surface area contributed by atoms with Gasteiger partial charge in [0.05, 0.1) is 5.69 Å². The molecule has 1 aromatic carbocycles. The lowest BCUT2D eigenvalue weighted by molar-refractivity contribution is -0.118. The van der Waals surface area contributed by atoms with Crippen molar-refractivity contribution in [2.75, 3.05) is 11.9 Å². The number of fused-ring (bicyclic) bond motifs is 2. The van der Waals surface area contributed by atoms with E-state index >= 15 is 0 Å². The zero-order chi connectivity index (χ0) is 13.8. The van der Waals surface area contributed by atoms with Gasteiger partial charge in [0.2, 0.25) is 0 Å². The fourth-order valence-electron chi connectivity index (χ4n) is 2.79. The molecule has 100 valence electrons. The summed E-state index contributed by atoms with van der Waals surface area (Å²) in [7, 11) is 0. The molecule has 0 radical (unpaired) electrons. The van der Waals surface area contributed by atoms with E-state index in [4.69, 9.17) is 4.74 Å². The highest BCUT2D eigenvalue weighted by Crippen LogP contribution is 2.45. The van der Waals surface area contributed by atoms with Gasteiger partial charge in [-0.05, 0) is 23.3 Å². The van der Waals surface area contributed by atoms with Gasteiger partial charge in [-0.15, -0.1) is 0 Å². The van der Waals surface area contributed by atoms with Crippen molar-refractivity contribution in [2.24, 2.45) is 0 Å². The van der Waals surface area contributed by atoms with Gasteiger partial charge in [-0.25, -0.2) is 0 Å². The maximum absolute atomic E-state index is 11.4. The number of carbonyl (C=O) groups excluding carboxylic acids is 1. The van der Waals surface area contributed by atoms with E-state index < -0.39 is 0 Å². The van der Waals surface area contributed by atoms with Crippen LogP contribution in [-0.4, -0.2) is 12.5 Å². The molecule has 2 aliphatic rings. The molecule has 0 unspecified atom stereocenters. The first kappa shape index (κ1) is 12.3. The van der Waals surface area contributed by atoms with Gasteiger partial charge in [0.1, 0.15) is 5.75 Å². The second-order valence-electron chi connectivity index (χ2n) is 6.51. The van der Waals surface area contributed by atoms with Gasteiger partial charge in [-0.2, -0.15) is 0 Å². The van der Waals surface area contributed by atoms with Crippen LogP contribution in [0.25, 0.3) is 0 Å². The Bertz CT molecular complexity index is 597. The van der Waals surface area contributed by atoms with Crippen LogP contribution in [-0.2, 0) is 15.6 Å². The minimum absolute atomic E-state index is 0.00923. The minimum Gasteiger partial charge on any atom is -0.482 e. The van der Waals surface area contributed by atoms with E-state index in [1.165, 1.54) is 11.1 Å². The van der Waals surface area contributed by atoms with E-state index in [1.807, 2.05) is 0 Å². The van der Waals surface area contributed by atoms with Crippen LogP contribution >= 0.6 is 0 Å². The largest absolute Gasteiger partial charge is 0.482 e. The first-order valence-electron chi connectivity index (χ1n) is 6.62. The molecule has 1 aliphatic heterocycles. The fraction of sp³-hybridized carbons (Fsp3) is 0.438. The van der Waals surface area contributed by atoms with Crippen molar-refractivity contribution >= 4 is 11.6 Å². The molecule has 3 rings (SSSR count). The molecule has 1 amide bonds. The number of hydrogen-bond donors (Lipinski definition) is 1. The van der Waals surface area contributed by atoms with Gasteiger partial charge < -0.3 is 10.1 Å². The number of benzene rings is 1. The summed E-state index contributed by atoms with van der Waals surface area (Å²) in [5, 5.41) is 2.89. The lowest BCUT2D eigenvalue weighted by Gasteiger charge is -2.38. The molecule has 0 saturated heterocycles. The van der Waals surface area contributed by atoms with Crippen LogP contribution in [0, 0.1) is 0 Å². The van der Waals surface area contributed by atoms with Gasteiger partial charge in [-0.1, -0.05) is 39.8 Å². The standard InChI is InChI=1S/C16H19NO2/c1-15(2)5-6-16(3,4)11-8-13-12(7-10(11)15)17-14(18)9-19-13/h5-8H,9H2,1-4H3,(H,17,18). The molecule has 0 bridgehead atoms. The van der Waals surface area contributed by atoms with Crippen LogP contribution in [0.5, 0.6) is 5.75 Å². The third-order valence-corrected chi connectivity index (χ3v) is 4.06. The molecule has 1 aliphatic carbocycles. The Morgan fingerprint density at radius 3 is 2.26 bits per heavy atom. The fourth-order valence-corrected chi connectivity index (χ4v) is 2.79. The van der Waals surface area contributed by atoms with E-state index in [0.717, 1.165) is 11.4 Å². The highest BCUT2D eigenvalue weighted by molar-refractivity contribution is 5.95. The van der Waals surface area contributed by atoms with E-state index in [9.17, 15) is 4.79 Å². The Balaban J connectivity index is 2.22. The molecule has 1 aromatic rings. The third kappa shape index (κ3) is 1.84. The van der Waals surface area contributed by atoms with Gasteiger partial charge in [0.25, 0.3) is 5.91 Å². The highest BCUT2D eigenvalue weighted by atomic mass is 16.5. The van der Waals surface area contributed by atoms with Crippen molar-refractivity contribution in [1.29, 1.82) is 0 Å². The Morgan fingerprint density at radius 1 is 1.05 bits per heavy atom. The van der Waals surface area contributed by atoms with Crippen LogP contribution in [0.4, 0.5) is 5.69 Å². The summed E-state index contributed by atoms with van der Waals surface area (Å²) in [6, 6.07) is 4.14. The first-order chi connectivity index (χ1) is 8.79. The minimum atomic E-state index is -0.0872. The normalized spacial score (nSPS) is 22.0. The Labute approximate surface area is 113 Å². The summed E-state index contributed by atoms with van der Waals surface area (Å²) in [6.45, 7) is 8.88. The molecule has 1 heterocycles. The Hall–Kier alpha value is -1.77. The quantitative estimate of drug-likeness (QED) is 0.725. The third-order valence-electron chi connectivity index (χ3n) is 4.06. The van der Waals surface area contributed by atoms with Crippen LogP contribution in [0.3, 0.4) is 0 Å². The maximum Gasteiger partial charge on any atom is 0.262 e. The number of nitrogens with one attached hydrogen (secondary N) is 1. The molecule has 0 atom stereocenters. The van der Waals surface area contributed by atoms with Gasteiger partial charge >= 0.3 is 0 Å². The predicted molar refractivity (Wildman–Crippen MR) is 75.8 cm³/mol. The average molecular weight is 257 g/mol. The van der Waals surface area contributed by atoms with E-state index in [2.05, 4.69) is 57.3 Å². The second-order valence-corrected chi connectivity index (χ2v) is 6.51. The summed E-state index contributed by atoms with van der Waals surface area (Å²) >= 11 is 0. The molecule has 1 N–H and O–H groups in total. The van der Waals surface area contributed by atoms with Gasteiger partial charge in [0.15, 0.2) is 6.61 Å². The maximum atomic E-state index is 11.4. The number of ether oxygens (including phenoxy) is 1. The number of rotatable bonds is 0. The monoisotopic (exact) mass is 257 g/mol. The van der Waals surface area contributed by atoms with Crippen molar-refractivity contribution < 1.29 is 9.53 Å².